The highest BCUT2D eigenvalue weighted by Gasteiger charge is 2.24. The first-order valence-electron chi connectivity index (χ1n) is 11.1. The molecule has 1 atom stereocenters. The number of likely N-dealkylation sites (tertiary alicyclic amines) is 1. The van der Waals surface area contributed by atoms with Crippen molar-refractivity contribution < 1.29 is 9.21 Å². The van der Waals surface area contributed by atoms with Gasteiger partial charge in [0.25, 0.3) is 5.91 Å². The van der Waals surface area contributed by atoms with Gasteiger partial charge in [0.05, 0.1) is 6.54 Å². The molecule has 0 radical (unpaired) electrons. The van der Waals surface area contributed by atoms with Gasteiger partial charge in [-0.25, -0.2) is 4.98 Å². The second-order valence-electron chi connectivity index (χ2n) is 8.55. The second-order valence-corrected chi connectivity index (χ2v) is 8.55. The highest BCUT2D eigenvalue weighted by molar-refractivity contribution is 5.92. The van der Waals surface area contributed by atoms with Crippen molar-refractivity contribution in [1.29, 1.82) is 0 Å². The molecule has 31 heavy (non-hydrogen) atoms. The van der Waals surface area contributed by atoms with Crippen molar-refractivity contribution in [3.63, 3.8) is 0 Å². The molecular weight excluding hydrogens is 386 g/mol. The zero-order chi connectivity index (χ0) is 21.8. The van der Waals surface area contributed by atoms with Crippen molar-refractivity contribution in [2.24, 2.45) is 0 Å². The lowest BCUT2D eigenvalue weighted by Gasteiger charge is -2.29. The molecule has 1 aliphatic rings. The maximum absolute atomic E-state index is 12.7. The topological polar surface area (TPSA) is 49.6 Å². The van der Waals surface area contributed by atoms with E-state index in [1.807, 2.05) is 11.0 Å². The molecule has 2 aromatic carbocycles. The molecule has 1 aromatic heterocycles. The summed E-state index contributed by atoms with van der Waals surface area (Å²) in [6.07, 6.45) is 3.64. The number of nitrogens with zero attached hydrogens (tertiary/aromatic N) is 3. The minimum Gasteiger partial charge on any atom is -0.447 e. The van der Waals surface area contributed by atoms with Crippen LogP contribution in [0.25, 0.3) is 0 Å². The third-order valence-corrected chi connectivity index (χ3v) is 6.21. The fourth-order valence-electron chi connectivity index (χ4n) is 4.20. The zero-order valence-corrected chi connectivity index (χ0v) is 18.7. The van der Waals surface area contributed by atoms with Crippen LogP contribution in [0.15, 0.2) is 59.2 Å². The standard InChI is InChI=1S/C26H31N3O2/c1-19-11-12-20(2)23(15-19)16-29(21(3)22-9-5-4-6-10-22)17-25-27-24(18-31-25)26(30)28-13-7-8-14-28/h4-6,9-12,15,18,21H,7-8,13-14,16-17H2,1-3H3/t21-/m0/s1. The normalized spacial score (nSPS) is 14.9. The van der Waals surface area contributed by atoms with Gasteiger partial charge in [0.1, 0.15) is 6.26 Å². The summed E-state index contributed by atoms with van der Waals surface area (Å²) in [4.78, 5) is 21.4. The highest BCUT2D eigenvalue weighted by atomic mass is 16.3. The largest absolute Gasteiger partial charge is 0.447 e. The average Bonchev–Trinajstić information content (AvgIpc) is 3.48. The van der Waals surface area contributed by atoms with E-state index in [0.29, 0.717) is 18.1 Å². The Hall–Kier alpha value is -2.92. The van der Waals surface area contributed by atoms with E-state index in [0.717, 1.165) is 32.5 Å². The molecule has 0 saturated carbocycles. The van der Waals surface area contributed by atoms with Crippen LogP contribution in [0.1, 0.15) is 64.4 Å². The molecule has 2 heterocycles. The monoisotopic (exact) mass is 417 g/mol. The molecule has 1 fully saturated rings. The van der Waals surface area contributed by atoms with Crippen LogP contribution in [0, 0.1) is 13.8 Å². The van der Waals surface area contributed by atoms with E-state index in [2.05, 4.69) is 73.1 Å². The lowest BCUT2D eigenvalue weighted by molar-refractivity contribution is 0.0787. The number of oxazole rings is 1. The SMILES string of the molecule is Cc1ccc(C)c(CN(Cc2nc(C(=O)N3CCCC3)co2)[C@@H](C)c2ccccc2)c1. The molecule has 3 aromatic rings. The molecule has 0 spiro atoms. The predicted molar refractivity (Wildman–Crippen MR) is 122 cm³/mol. The fourth-order valence-corrected chi connectivity index (χ4v) is 4.20. The van der Waals surface area contributed by atoms with Gasteiger partial charge >= 0.3 is 0 Å². The molecule has 1 aliphatic heterocycles. The van der Waals surface area contributed by atoms with Crippen molar-refractivity contribution >= 4 is 5.91 Å². The Morgan fingerprint density at radius 2 is 1.84 bits per heavy atom. The van der Waals surface area contributed by atoms with Gasteiger partial charge < -0.3 is 9.32 Å². The number of hydrogen-bond donors (Lipinski definition) is 0. The Labute approximate surface area is 184 Å². The predicted octanol–water partition coefficient (Wildman–Crippen LogP) is 5.29. The van der Waals surface area contributed by atoms with E-state index in [4.69, 9.17) is 4.42 Å². The third kappa shape index (κ3) is 5.05. The molecule has 1 saturated heterocycles. The molecule has 5 nitrogen and oxygen atoms in total. The van der Waals surface area contributed by atoms with Gasteiger partial charge in [-0.3, -0.25) is 9.69 Å². The molecule has 0 bridgehead atoms. The zero-order valence-electron chi connectivity index (χ0n) is 18.7. The Morgan fingerprint density at radius 3 is 2.58 bits per heavy atom. The molecule has 4 rings (SSSR count). The summed E-state index contributed by atoms with van der Waals surface area (Å²) < 4.78 is 5.75. The lowest BCUT2D eigenvalue weighted by Crippen LogP contribution is -2.28. The van der Waals surface area contributed by atoms with Gasteiger partial charge in [0, 0.05) is 25.7 Å². The quantitative estimate of drug-likeness (QED) is 0.524. The van der Waals surface area contributed by atoms with Crippen LogP contribution < -0.4 is 0 Å². The van der Waals surface area contributed by atoms with Crippen molar-refractivity contribution in [2.75, 3.05) is 13.1 Å². The first kappa shape index (κ1) is 21.3. The van der Waals surface area contributed by atoms with E-state index in [9.17, 15) is 4.79 Å². The number of hydrogen-bond acceptors (Lipinski definition) is 4. The third-order valence-electron chi connectivity index (χ3n) is 6.21. The second kappa shape index (κ2) is 9.48. The lowest BCUT2D eigenvalue weighted by atomic mass is 10.0. The van der Waals surface area contributed by atoms with Gasteiger partial charge in [-0.1, -0.05) is 54.1 Å². The van der Waals surface area contributed by atoms with Crippen LogP contribution in [-0.4, -0.2) is 33.8 Å². The summed E-state index contributed by atoms with van der Waals surface area (Å²) >= 11 is 0. The molecule has 1 amide bonds. The number of carbonyl (C=O) groups is 1. The molecule has 5 heteroatoms. The number of carbonyl (C=O) groups excluding carboxylic acids is 1. The number of rotatable bonds is 7. The molecular formula is C26H31N3O2. The van der Waals surface area contributed by atoms with E-state index in [1.165, 1.54) is 28.5 Å². The van der Waals surface area contributed by atoms with Gasteiger partial charge in [-0.2, -0.15) is 0 Å². The first-order chi connectivity index (χ1) is 15.0. The summed E-state index contributed by atoms with van der Waals surface area (Å²) in [5.41, 5.74) is 5.47. The summed E-state index contributed by atoms with van der Waals surface area (Å²) in [7, 11) is 0. The van der Waals surface area contributed by atoms with Crippen molar-refractivity contribution in [1.82, 2.24) is 14.8 Å². The Bertz CT molecular complexity index is 1020. The molecule has 0 aliphatic carbocycles. The van der Waals surface area contributed by atoms with E-state index < -0.39 is 0 Å². The van der Waals surface area contributed by atoms with Crippen molar-refractivity contribution in [3.05, 3.63) is 88.6 Å². The summed E-state index contributed by atoms with van der Waals surface area (Å²) in [6, 6.07) is 17.2. The minimum atomic E-state index is -0.0234. The van der Waals surface area contributed by atoms with Crippen molar-refractivity contribution in [2.45, 2.75) is 52.7 Å². The fraction of sp³-hybridized carbons (Fsp3) is 0.385. The van der Waals surface area contributed by atoms with Gasteiger partial charge in [-0.05, 0) is 50.3 Å². The average molecular weight is 418 g/mol. The minimum absolute atomic E-state index is 0.0234. The molecule has 0 N–H and O–H groups in total. The van der Waals surface area contributed by atoms with E-state index >= 15 is 0 Å². The van der Waals surface area contributed by atoms with Crippen LogP contribution >= 0.6 is 0 Å². The summed E-state index contributed by atoms with van der Waals surface area (Å²) in [5.74, 6) is 0.556. The first-order valence-corrected chi connectivity index (χ1v) is 11.1. The molecule has 0 unspecified atom stereocenters. The van der Waals surface area contributed by atoms with E-state index in [-0.39, 0.29) is 11.9 Å². The van der Waals surface area contributed by atoms with Crippen LogP contribution in [0.4, 0.5) is 0 Å². The van der Waals surface area contributed by atoms with Crippen LogP contribution in [-0.2, 0) is 13.1 Å². The number of amides is 1. The van der Waals surface area contributed by atoms with Crippen LogP contribution in [0.5, 0.6) is 0 Å². The number of aryl methyl sites for hydroxylation is 2. The Morgan fingerprint density at radius 1 is 1.10 bits per heavy atom. The number of aromatic nitrogens is 1. The maximum atomic E-state index is 12.7. The van der Waals surface area contributed by atoms with Gasteiger partial charge in [-0.15, -0.1) is 0 Å². The van der Waals surface area contributed by atoms with Crippen molar-refractivity contribution in [3.8, 4) is 0 Å². The highest BCUT2D eigenvalue weighted by Crippen LogP contribution is 2.26. The summed E-state index contributed by atoms with van der Waals surface area (Å²) in [6.45, 7) is 9.42. The van der Waals surface area contributed by atoms with Gasteiger partial charge in [0.15, 0.2) is 5.69 Å². The molecule has 162 valence electrons. The van der Waals surface area contributed by atoms with E-state index in [1.54, 1.807) is 0 Å². The Kier molecular flexibility index (Phi) is 6.52. The maximum Gasteiger partial charge on any atom is 0.275 e. The number of benzene rings is 2. The van der Waals surface area contributed by atoms with Gasteiger partial charge in [0.2, 0.25) is 5.89 Å². The smallest absolute Gasteiger partial charge is 0.275 e. The van der Waals surface area contributed by atoms with Crippen LogP contribution in [0.2, 0.25) is 0 Å². The summed E-state index contributed by atoms with van der Waals surface area (Å²) in [5, 5.41) is 0. The van der Waals surface area contributed by atoms with Crippen LogP contribution in [0.3, 0.4) is 0 Å². The Balaban J connectivity index is 1.57.